The highest BCUT2D eigenvalue weighted by molar-refractivity contribution is 9.10. The minimum Gasteiger partial charge on any atom is -0.454 e. The van der Waals surface area contributed by atoms with Crippen LogP contribution >= 0.6 is 15.9 Å². The molecule has 0 saturated heterocycles. The van der Waals surface area contributed by atoms with Crippen molar-refractivity contribution < 1.29 is 9.47 Å². The van der Waals surface area contributed by atoms with Gasteiger partial charge in [0, 0.05) is 23.8 Å². The van der Waals surface area contributed by atoms with Crippen LogP contribution in [0.1, 0.15) is 11.3 Å². The predicted molar refractivity (Wildman–Crippen MR) is 72.8 cm³/mol. The van der Waals surface area contributed by atoms with Crippen LogP contribution in [0.4, 0.5) is 0 Å². The number of fused-ring (bicyclic) bond motifs is 1. The molecule has 0 bridgehead atoms. The minimum absolute atomic E-state index is 0.290. The highest BCUT2D eigenvalue weighted by atomic mass is 79.9. The van der Waals surface area contributed by atoms with E-state index in [1.807, 2.05) is 24.3 Å². The molecule has 0 amide bonds. The zero-order chi connectivity index (χ0) is 13.1. The van der Waals surface area contributed by atoms with Crippen molar-refractivity contribution in [1.82, 2.24) is 15.5 Å². The number of hydrogen-bond donors (Lipinski definition) is 1. The van der Waals surface area contributed by atoms with Crippen LogP contribution in [0.15, 0.2) is 34.9 Å². The fourth-order valence-corrected chi connectivity index (χ4v) is 2.31. The smallest absolute Gasteiger partial charge is 0.231 e. The van der Waals surface area contributed by atoms with E-state index in [0.717, 1.165) is 27.2 Å². The molecule has 2 heterocycles. The highest BCUT2D eigenvalue weighted by Gasteiger charge is 2.15. The monoisotopic (exact) mass is 321 g/mol. The first-order valence-corrected chi connectivity index (χ1v) is 6.67. The number of ether oxygens (including phenoxy) is 2. The van der Waals surface area contributed by atoms with Crippen molar-refractivity contribution in [3.05, 3.63) is 46.2 Å². The Hall–Kier alpha value is -1.66. The molecule has 98 valence electrons. The number of nitrogens with zero attached hydrogens (tertiary/aromatic N) is 2. The first-order valence-electron chi connectivity index (χ1n) is 5.88. The van der Waals surface area contributed by atoms with Crippen molar-refractivity contribution in [2.24, 2.45) is 0 Å². The van der Waals surface area contributed by atoms with Gasteiger partial charge in [0.05, 0.1) is 5.69 Å². The lowest BCUT2D eigenvalue weighted by molar-refractivity contribution is 0.174. The fourth-order valence-electron chi connectivity index (χ4n) is 1.85. The molecule has 0 radical (unpaired) electrons. The van der Waals surface area contributed by atoms with E-state index in [4.69, 9.17) is 9.47 Å². The largest absolute Gasteiger partial charge is 0.454 e. The summed E-state index contributed by atoms with van der Waals surface area (Å²) in [5.41, 5.74) is 2.03. The Labute approximate surface area is 119 Å². The Morgan fingerprint density at radius 2 is 2.05 bits per heavy atom. The second kappa shape index (κ2) is 5.54. The van der Waals surface area contributed by atoms with Crippen LogP contribution in [-0.4, -0.2) is 17.0 Å². The topological polar surface area (TPSA) is 56.3 Å². The third-order valence-corrected chi connectivity index (χ3v) is 3.53. The Kier molecular flexibility index (Phi) is 3.61. The second-order valence-corrected chi connectivity index (χ2v) is 4.97. The van der Waals surface area contributed by atoms with Crippen molar-refractivity contribution in [3.8, 4) is 11.5 Å². The number of hydrogen-bond acceptors (Lipinski definition) is 5. The Balaban J connectivity index is 1.64. The second-order valence-electron chi connectivity index (χ2n) is 4.12. The standard InChI is InChI=1S/C13H12BrN3O2/c14-11-5-13-12(18-8-19-13)4-9(11)6-15-7-10-2-1-3-16-17-10/h1-5,15H,6-8H2. The normalized spacial score (nSPS) is 12.7. The van der Waals surface area contributed by atoms with Crippen LogP contribution in [0.5, 0.6) is 11.5 Å². The van der Waals surface area contributed by atoms with Gasteiger partial charge in [-0.2, -0.15) is 10.2 Å². The minimum atomic E-state index is 0.290. The Bertz CT molecular complexity index is 578. The van der Waals surface area contributed by atoms with Crippen molar-refractivity contribution in [1.29, 1.82) is 0 Å². The lowest BCUT2D eigenvalue weighted by Gasteiger charge is -2.07. The van der Waals surface area contributed by atoms with E-state index < -0.39 is 0 Å². The van der Waals surface area contributed by atoms with Gasteiger partial charge in [-0.05, 0) is 29.8 Å². The molecule has 1 aliphatic heterocycles. The molecule has 6 heteroatoms. The summed E-state index contributed by atoms with van der Waals surface area (Å²) in [6, 6.07) is 7.73. The summed E-state index contributed by atoms with van der Waals surface area (Å²) in [6.07, 6.45) is 1.66. The van der Waals surface area contributed by atoms with Crippen LogP contribution in [0.25, 0.3) is 0 Å². The van der Waals surface area contributed by atoms with Gasteiger partial charge >= 0.3 is 0 Å². The SMILES string of the molecule is Brc1cc2c(cc1CNCc1cccnn1)OCO2. The Morgan fingerprint density at radius 3 is 2.84 bits per heavy atom. The van der Waals surface area contributed by atoms with Gasteiger partial charge in [0.2, 0.25) is 6.79 Å². The summed E-state index contributed by atoms with van der Waals surface area (Å²) in [5.74, 6) is 1.57. The third kappa shape index (κ3) is 2.85. The van der Waals surface area contributed by atoms with Gasteiger partial charge in [-0.15, -0.1) is 0 Å². The molecule has 19 heavy (non-hydrogen) atoms. The van der Waals surface area contributed by atoms with Gasteiger partial charge in [0.15, 0.2) is 11.5 Å². The molecule has 0 saturated carbocycles. The fraction of sp³-hybridized carbons (Fsp3) is 0.231. The number of rotatable bonds is 4. The number of nitrogens with one attached hydrogen (secondary N) is 1. The average molecular weight is 322 g/mol. The van der Waals surface area contributed by atoms with E-state index in [1.54, 1.807) is 6.20 Å². The maximum Gasteiger partial charge on any atom is 0.231 e. The van der Waals surface area contributed by atoms with Crippen molar-refractivity contribution in [2.45, 2.75) is 13.1 Å². The highest BCUT2D eigenvalue weighted by Crippen LogP contribution is 2.36. The molecule has 5 nitrogen and oxygen atoms in total. The zero-order valence-electron chi connectivity index (χ0n) is 10.1. The van der Waals surface area contributed by atoms with Crippen LogP contribution in [0.2, 0.25) is 0 Å². The summed E-state index contributed by atoms with van der Waals surface area (Å²) in [4.78, 5) is 0. The zero-order valence-corrected chi connectivity index (χ0v) is 11.7. The van der Waals surface area contributed by atoms with Gasteiger partial charge in [0.25, 0.3) is 0 Å². The van der Waals surface area contributed by atoms with Gasteiger partial charge in [-0.25, -0.2) is 0 Å². The number of benzene rings is 1. The lowest BCUT2D eigenvalue weighted by Crippen LogP contribution is -2.14. The van der Waals surface area contributed by atoms with Gasteiger partial charge < -0.3 is 14.8 Å². The molecule has 1 aliphatic rings. The Morgan fingerprint density at radius 1 is 1.21 bits per heavy atom. The quantitative estimate of drug-likeness (QED) is 0.936. The van der Waals surface area contributed by atoms with Crippen LogP contribution in [0, 0.1) is 0 Å². The van der Waals surface area contributed by atoms with Crippen molar-refractivity contribution >= 4 is 15.9 Å². The third-order valence-electron chi connectivity index (χ3n) is 2.79. The summed E-state index contributed by atoms with van der Waals surface area (Å²) >= 11 is 3.53. The van der Waals surface area contributed by atoms with E-state index >= 15 is 0 Å². The van der Waals surface area contributed by atoms with Gasteiger partial charge in [0.1, 0.15) is 0 Å². The van der Waals surface area contributed by atoms with E-state index in [1.165, 1.54) is 0 Å². The first-order chi connectivity index (χ1) is 9.33. The van der Waals surface area contributed by atoms with Crippen LogP contribution in [0.3, 0.4) is 0 Å². The maximum atomic E-state index is 5.37. The summed E-state index contributed by atoms with van der Waals surface area (Å²) in [7, 11) is 0. The molecular weight excluding hydrogens is 310 g/mol. The van der Waals surface area contributed by atoms with Crippen molar-refractivity contribution in [3.63, 3.8) is 0 Å². The molecule has 0 fully saturated rings. The molecule has 3 rings (SSSR count). The summed E-state index contributed by atoms with van der Waals surface area (Å²) < 4.78 is 11.7. The molecule has 0 unspecified atom stereocenters. The maximum absolute atomic E-state index is 5.37. The number of halogens is 1. The molecular formula is C13H12BrN3O2. The predicted octanol–water partition coefficient (Wildman–Crippen LogP) is 2.26. The van der Waals surface area contributed by atoms with E-state index in [-0.39, 0.29) is 6.79 Å². The lowest BCUT2D eigenvalue weighted by atomic mass is 10.2. The average Bonchev–Trinajstić information content (AvgIpc) is 2.87. The van der Waals surface area contributed by atoms with Crippen LogP contribution in [-0.2, 0) is 13.1 Å². The van der Waals surface area contributed by atoms with E-state index in [9.17, 15) is 0 Å². The molecule has 0 spiro atoms. The van der Waals surface area contributed by atoms with Crippen molar-refractivity contribution in [2.75, 3.05) is 6.79 Å². The van der Waals surface area contributed by atoms with Gasteiger partial charge in [-0.3, -0.25) is 0 Å². The molecule has 0 atom stereocenters. The van der Waals surface area contributed by atoms with Crippen LogP contribution < -0.4 is 14.8 Å². The molecule has 1 N–H and O–H groups in total. The van der Waals surface area contributed by atoms with E-state index in [2.05, 4.69) is 31.4 Å². The molecule has 1 aromatic heterocycles. The first kappa shape index (κ1) is 12.4. The molecule has 1 aromatic carbocycles. The van der Waals surface area contributed by atoms with E-state index in [0.29, 0.717) is 13.1 Å². The summed E-state index contributed by atoms with van der Waals surface area (Å²) in [6.45, 7) is 1.68. The molecule has 2 aromatic rings. The van der Waals surface area contributed by atoms with Gasteiger partial charge in [-0.1, -0.05) is 15.9 Å². The summed E-state index contributed by atoms with van der Waals surface area (Å²) in [5, 5.41) is 11.2. The number of aromatic nitrogens is 2. The molecule has 0 aliphatic carbocycles.